The van der Waals surface area contributed by atoms with Crippen LogP contribution in [-0.2, 0) is 10.0 Å². The van der Waals surface area contributed by atoms with Crippen LogP contribution in [0.1, 0.15) is 42.5 Å². The van der Waals surface area contributed by atoms with Crippen molar-refractivity contribution >= 4 is 27.4 Å². The molecule has 2 N–H and O–H groups in total. The van der Waals surface area contributed by atoms with Crippen molar-refractivity contribution in [3.63, 3.8) is 0 Å². The first kappa shape index (κ1) is 23.4. The molecular weight excluding hydrogens is 442 g/mol. The number of ether oxygens (including phenoxy) is 1. The maximum Gasteiger partial charge on any atom is 0.337 e. The van der Waals surface area contributed by atoms with Crippen molar-refractivity contribution < 1.29 is 23.1 Å². The minimum Gasteiger partial charge on any atom is -0.497 e. The highest BCUT2D eigenvalue weighted by molar-refractivity contribution is 7.92. The Morgan fingerprint density at radius 3 is 2.27 bits per heavy atom. The lowest BCUT2D eigenvalue weighted by atomic mass is 9.98. The van der Waals surface area contributed by atoms with Gasteiger partial charge in [-0.15, -0.1) is 0 Å². The highest BCUT2D eigenvalue weighted by atomic mass is 32.2. The Morgan fingerprint density at radius 2 is 1.67 bits per heavy atom. The van der Waals surface area contributed by atoms with Crippen molar-refractivity contribution in [1.29, 1.82) is 0 Å². The summed E-state index contributed by atoms with van der Waals surface area (Å²) in [4.78, 5) is 16.8. The monoisotopic (exact) mass is 473 g/mol. The number of aromatic carboxylic acids is 1. The van der Waals surface area contributed by atoms with E-state index >= 15 is 0 Å². The van der Waals surface area contributed by atoms with Crippen LogP contribution in [0.25, 0.3) is 0 Å². The average molecular weight is 474 g/mol. The molecule has 4 rings (SSSR count). The Balaban J connectivity index is 1.48. The SMILES string of the molecule is COc1ccc(S(=O)(=O)Nc2ccc(N3CCC(N4CCCCC4)CC3)c(C(=O)O)c2)cc1. The van der Waals surface area contributed by atoms with E-state index in [0.717, 1.165) is 39.0 Å². The topological polar surface area (TPSA) is 99.2 Å². The van der Waals surface area contributed by atoms with E-state index in [9.17, 15) is 18.3 Å². The lowest BCUT2D eigenvalue weighted by molar-refractivity contribution is 0.0697. The highest BCUT2D eigenvalue weighted by Gasteiger charge is 2.27. The van der Waals surface area contributed by atoms with E-state index in [-0.39, 0.29) is 16.1 Å². The number of hydrogen-bond donors (Lipinski definition) is 2. The molecule has 33 heavy (non-hydrogen) atoms. The number of benzene rings is 2. The molecule has 2 aromatic carbocycles. The molecule has 0 atom stereocenters. The predicted molar refractivity (Wildman–Crippen MR) is 128 cm³/mol. The molecule has 2 saturated heterocycles. The van der Waals surface area contributed by atoms with Crippen molar-refractivity contribution in [2.45, 2.75) is 43.0 Å². The van der Waals surface area contributed by atoms with Gasteiger partial charge in [0.25, 0.3) is 10.0 Å². The maximum absolute atomic E-state index is 12.7. The molecule has 0 unspecified atom stereocenters. The summed E-state index contributed by atoms with van der Waals surface area (Å²) in [5.74, 6) is -0.524. The van der Waals surface area contributed by atoms with Gasteiger partial charge in [-0.05, 0) is 81.2 Å². The van der Waals surface area contributed by atoms with E-state index in [4.69, 9.17) is 4.74 Å². The van der Waals surface area contributed by atoms with Crippen LogP contribution in [0.4, 0.5) is 11.4 Å². The third kappa shape index (κ3) is 5.42. The molecule has 0 saturated carbocycles. The molecular formula is C24H31N3O5S. The second-order valence-corrected chi connectivity index (χ2v) is 10.3. The summed E-state index contributed by atoms with van der Waals surface area (Å²) in [5.41, 5.74) is 0.948. The van der Waals surface area contributed by atoms with Gasteiger partial charge in [0.2, 0.25) is 0 Å². The first-order valence-electron chi connectivity index (χ1n) is 11.4. The highest BCUT2D eigenvalue weighted by Crippen LogP contribution is 2.30. The molecule has 178 valence electrons. The van der Waals surface area contributed by atoms with Gasteiger partial charge in [0.05, 0.1) is 23.3 Å². The van der Waals surface area contributed by atoms with Crippen molar-refractivity contribution in [3.8, 4) is 5.75 Å². The number of carboxylic acid groups (broad SMARTS) is 1. The molecule has 9 heteroatoms. The molecule has 0 bridgehead atoms. The summed E-state index contributed by atoms with van der Waals surface area (Å²) >= 11 is 0. The molecule has 2 heterocycles. The van der Waals surface area contributed by atoms with Gasteiger partial charge in [0, 0.05) is 24.8 Å². The first-order valence-corrected chi connectivity index (χ1v) is 12.9. The molecule has 2 fully saturated rings. The quantitative estimate of drug-likeness (QED) is 0.633. The third-order valence-corrected chi connectivity index (χ3v) is 7.96. The summed E-state index contributed by atoms with van der Waals surface area (Å²) < 4.78 is 33.0. The van der Waals surface area contributed by atoms with Crippen LogP contribution in [0, 0.1) is 0 Å². The lowest BCUT2D eigenvalue weighted by Gasteiger charge is -2.41. The van der Waals surface area contributed by atoms with Crippen LogP contribution in [0.2, 0.25) is 0 Å². The summed E-state index contributed by atoms with van der Waals surface area (Å²) in [6, 6.07) is 11.3. The molecule has 0 spiro atoms. The van der Waals surface area contributed by atoms with E-state index in [1.54, 1.807) is 24.3 Å². The van der Waals surface area contributed by atoms with E-state index in [2.05, 4.69) is 14.5 Å². The fourth-order valence-corrected chi connectivity index (χ4v) is 5.82. The van der Waals surface area contributed by atoms with E-state index in [0.29, 0.717) is 17.5 Å². The second-order valence-electron chi connectivity index (χ2n) is 8.63. The maximum atomic E-state index is 12.7. The molecule has 2 aliphatic heterocycles. The van der Waals surface area contributed by atoms with Gasteiger partial charge in [-0.25, -0.2) is 13.2 Å². The summed E-state index contributed by atoms with van der Waals surface area (Å²) in [6.45, 7) is 3.90. The number of carboxylic acids is 1. The van der Waals surface area contributed by atoms with Crippen molar-refractivity contribution in [2.24, 2.45) is 0 Å². The molecule has 2 aromatic rings. The average Bonchev–Trinajstić information content (AvgIpc) is 2.84. The van der Waals surface area contributed by atoms with Gasteiger partial charge in [-0.2, -0.15) is 0 Å². The van der Waals surface area contributed by atoms with Crippen LogP contribution in [0.15, 0.2) is 47.4 Å². The number of nitrogens with zero attached hydrogens (tertiary/aromatic N) is 2. The number of hydrogen-bond acceptors (Lipinski definition) is 6. The zero-order valence-corrected chi connectivity index (χ0v) is 19.7. The number of sulfonamides is 1. The van der Waals surface area contributed by atoms with E-state index in [1.807, 2.05) is 0 Å². The third-order valence-electron chi connectivity index (χ3n) is 6.56. The molecule has 2 aliphatic rings. The number of piperidine rings is 2. The number of methoxy groups -OCH3 is 1. The van der Waals surface area contributed by atoms with Gasteiger partial charge in [0.15, 0.2) is 0 Å². The Morgan fingerprint density at radius 1 is 1.00 bits per heavy atom. The van der Waals surface area contributed by atoms with Crippen molar-refractivity contribution in [2.75, 3.05) is 42.9 Å². The standard InChI is InChI=1S/C24H31N3O5S/c1-32-20-6-8-21(9-7-20)33(30,31)25-18-5-10-23(22(17-18)24(28)29)27-15-11-19(12-16-27)26-13-3-2-4-14-26/h5-10,17,19,25H,2-4,11-16H2,1H3,(H,28,29). The van der Waals surface area contributed by atoms with Crippen LogP contribution in [0.3, 0.4) is 0 Å². The lowest BCUT2D eigenvalue weighted by Crippen LogP contribution is -2.47. The van der Waals surface area contributed by atoms with Gasteiger partial charge in [-0.3, -0.25) is 4.72 Å². The number of likely N-dealkylation sites (tertiary alicyclic amines) is 1. The zero-order chi connectivity index (χ0) is 23.4. The van der Waals surface area contributed by atoms with Crippen molar-refractivity contribution in [3.05, 3.63) is 48.0 Å². The predicted octanol–water partition coefficient (Wildman–Crippen LogP) is 3.65. The van der Waals surface area contributed by atoms with E-state index < -0.39 is 16.0 Å². The van der Waals surface area contributed by atoms with Crippen LogP contribution >= 0.6 is 0 Å². The van der Waals surface area contributed by atoms with Gasteiger partial charge in [0.1, 0.15) is 5.75 Å². The minimum atomic E-state index is -3.86. The molecule has 0 aromatic heterocycles. The minimum absolute atomic E-state index is 0.0732. The largest absolute Gasteiger partial charge is 0.497 e. The normalized spacial score (nSPS) is 18.2. The van der Waals surface area contributed by atoms with Gasteiger partial charge >= 0.3 is 5.97 Å². The number of rotatable bonds is 7. The zero-order valence-electron chi connectivity index (χ0n) is 18.9. The number of nitrogens with one attached hydrogen (secondary N) is 1. The number of anilines is 2. The Labute approximate surface area is 195 Å². The summed E-state index contributed by atoms with van der Waals surface area (Å²) in [7, 11) is -2.35. The Bertz CT molecular complexity index is 1070. The summed E-state index contributed by atoms with van der Waals surface area (Å²) in [6.07, 6.45) is 5.84. The van der Waals surface area contributed by atoms with Crippen LogP contribution in [0.5, 0.6) is 5.75 Å². The molecule has 0 radical (unpaired) electrons. The Kier molecular flexibility index (Phi) is 7.09. The summed E-state index contributed by atoms with van der Waals surface area (Å²) in [5, 5.41) is 9.82. The molecule has 0 amide bonds. The van der Waals surface area contributed by atoms with Crippen molar-refractivity contribution in [1.82, 2.24) is 4.90 Å². The Hall–Kier alpha value is -2.78. The van der Waals surface area contributed by atoms with Gasteiger partial charge < -0.3 is 19.6 Å². The second kappa shape index (κ2) is 10.0. The molecule has 0 aliphatic carbocycles. The fourth-order valence-electron chi connectivity index (χ4n) is 4.77. The number of carbonyl (C=O) groups is 1. The first-order chi connectivity index (χ1) is 15.9. The fraction of sp³-hybridized carbons (Fsp3) is 0.458. The van der Waals surface area contributed by atoms with Crippen LogP contribution in [-0.4, -0.2) is 63.7 Å². The smallest absolute Gasteiger partial charge is 0.337 e. The molecule has 8 nitrogen and oxygen atoms in total. The van der Waals surface area contributed by atoms with Crippen LogP contribution < -0.4 is 14.4 Å². The van der Waals surface area contributed by atoms with Gasteiger partial charge in [-0.1, -0.05) is 6.42 Å². The van der Waals surface area contributed by atoms with E-state index in [1.165, 1.54) is 44.6 Å².